The molecule has 0 bridgehead atoms. The van der Waals surface area contributed by atoms with Gasteiger partial charge in [-0.15, -0.1) is 0 Å². The number of rotatable bonds is 9. The summed E-state index contributed by atoms with van der Waals surface area (Å²) in [5, 5.41) is 3.67. The number of unbranched alkanes of at least 4 members (excludes halogenated alkanes) is 1. The summed E-state index contributed by atoms with van der Waals surface area (Å²) in [7, 11) is 3.97. The molecule has 124 valence electrons. The normalized spacial score (nSPS) is 15.6. The van der Waals surface area contributed by atoms with E-state index in [1.807, 2.05) is 0 Å². The van der Waals surface area contributed by atoms with Crippen LogP contribution < -0.4 is 10.1 Å². The van der Waals surface area contributed by atoms with Gasteiger partial charge < -0.3 is 15.0 Å². The van der Waals surface area contributed by atoms with Crippen molar-refractivity contribution in [3.63, 3.8) is 0 Å². The lowest BCUT2D eigenvalue weighted by Crippen LogP contribution is -2.25. The Balaban J connectivity index is 1.91. The Morgan fingerprint density at radius 2 is 2.05 bits per heavy atom. The summed E-state index contributed by atoms with van der Waals surface area (Å²) in [5.74, 6) is 1.02. The highest BCUT2D eigenvalue weighted by molar-refractivity contribution is 5.37. The molecule has 1 aromatic carbocycles. The van der Waals surface area contributed by atoms with Crippen LogP contribution in [-0.4, -0.2) is 31.6 Å². The zero-order chi connectivity index (χ0) is 15.8. The third-order valence-electron chi connectivity index (χ3n) is 4.63. The van der Waals surface area contributed by atoms with Gasteiger partial charge >= 0.3 is 0 Å². The van der Waals surface area contributed by atoms with Gasteiger partial charge in [0.25, 0.3) is 0 Å². The van der Waals surface area contributed by atoms with E-state index in [2.05, 4.69) is 42.4 Å². The maximum atomic E-state index is 5.61. The minimum Gasteiger partial charge on any atom is -0.496 e. The van der Waals surface area contributed by atoms with Crippen molar-refractivity contribution in [2.24, 2.45) is 0 Å². The molecule has 1 aromatic rings. The van der Waals surface area contributed by atoms with Crippen LogP contribution in [0.5, 0.6) is 5.75 Å². The summed E-state index contributed by atoms with van der Waals surface area (Å²) in [5.41, 5.74) is 2.61. The van der Waals surface area contributed by atoms with Crippen molar-refractivity contribution in [3.8, 4) is 5.75 Å². The minimum atomic E-state index is 0.699. The van der Waals surface area contributed by atoms with Gasteiger partial charge in [0, 0.05) is 24.7 Å². The third-order valence-corrected chi connectivity index (χ3v) is 4.63. The van der Waals surface area contributed by atoms with Gasteiger partial charge in [-0.05, 0) is 44.5 Å². The Morgan fingerprint density at radius 3 is 2.73 bits per heavy atom. The lowest BCUT2D eigenvalue weighted by molar-refractivity contribution is 0.319. The molecule has 1 saturated carbocycles. The first kappa shape index (κ1) is 17.3. The van der Waals surface area contributed by atoms with E-state index in [-0.39, 0.29) is 0 Å². The quantitative estimate of drug-likeness (QED) is 0.747. The van der Waals surface area contributed by atoms with Gasteiger partial charge in [-0.3, -0.25) is 0 Å². The van der Waals surface area contributed by atoms with Gasteiger partial charge in [0.05, 0.1) is 7.11 Å². The average Bonchev–Trinajstić information content (AvgIpc) is 3.05. The third kappa shape index (κ3) is 5.29. The van der Waals surface area contributed by atoms with Gasteiger partial charge in [0.2, 0.25) is 0 Å². The number of hydrogen-bond acceptors (Lipinski definition) is 3. The molecule has 1 aliphatic carbocycles. The van der Waals surface area contributed by atoms with Gasteiger partial charge in [-0.2, -0.15) is 0 Å². The van der Waals surface area contributed by atoms with Crippen LogP contribution in [0.25, 0.3) is 0 Å². The van der Waals surface area contributed by atoms with Crippen LogP contribution in [-0.2, 0) is 13.1 Å². The van der Waals surface area contributed by atoms with Crippen LogP contribution in [0.3, 0.4) is 0 Å². The van der Waals surface area contributed by atoms with E-state index in [0.717, 1.165) is 25.4 Å². The van der Waals surface area contributed by atoms with Crippen LogP contribution >= 0.6 is 0 Å². The molecule has 0 saturated heterocycles. The molecule has 3 nitrogen and oxygen atoms in total. The first-order chi connectivity index (χ1) is 10.7. The molecule has 3 heteroatoms. The van der Waals surface area contributed by atoms with Crippen molar-refractivity contribution in [2.45, 2.75) is 64.6 Å². The molecule has 1 aliphatic rings. The second-order valence-corrected chi connectivity index (χ2v) is 6.60. The monoisotopic (exact) mass is 304 g/mol. The van der Waals surface area contributed by atoms with Crippen molar-refractivity contribution >= 4 is 0 Å². The molecule has 1 fully saturated rings. The Labute approximate surface area is 136 Å². The van der Waals surface area contributed by atoms with Gasteiger partial charge in [-0.1, -0.05) is 38.3 Å². The lowest BCUT2D eigenvalue weighted by Gasteiger charge is -2.18. The van der Waals surface area contributed by atoms with Crippen LogP contribution in [0.1, 0.15) is 56.6 Å². The minimum absolute atomic E-state index is 0.699. The fourth-order valence-corrected chi connectivity index (χ4v) is 3.24. The van der Waals surface area contributed by atoms with Crippen molar-refractivity contribution in [3.05, 3.63) is 29.3 Å². The number of nitrogens with one attached hydrogen (secondary N) is 1. The summed E-state index contributed by atoms with van der Waals surface area (Å²) >= 11 is 0. The zero-order valence-corrected chi connectivity index (χ0v) is 14.5. The number of nitrogens with zero attached hydrogens (tertiary/aromatic N) is 1. The van der Waals surface area contributed by atoms with E-state index in [1.165, 1.54) is 49.7 Å². The van der Waals surface area contributed by atoms with E-state index in [1.54, 1.807) is 7.11 Å². The average molecular weight is 304 g/mol. The van der Waals surface area contributed by atoms with E-state index < -0.39 is 0 Å². The van der Waals surface area contributed by atoms with Crippen molar-refractivity contribution < 1.29 is 4.74 Å². The van der Waals surface area contributed by atoms with Gasteiger partial charge in [0.1, 0.15) is 5.75 Å². The molecular formula is C19H32N2O. The summed E-state index contributed by atoms with van der Waals surface area (Å²) in [6.07, 6.45) is 7.90. The fraction of sp³-hybridized carbons (Fsp3) is 0.684. The summed E-state index contributed by atoms with van der Waals surface area (Å²) in [6, 6.07) is 7.37. The predicted octanol–water partition coefficient (Wildman–Crippen LogP) is 3.96. The van der Waals surface area contributed by atoms with Gasteiger partial charge in [-0.25, -0.2) is 0 Å². The molecule has 0 unspecified atom stereocenters. The largest absolute Gasteiger partial charge is 0.496 e. The second-order valence-electron chi connectivity index (χ2n) is 6.60. The van der Waals surface area contributed by atoms with E-state index in [4.69, 9.17) is 4.74 Å². The maximum Gasteiger partial charge on any atom is 0.123 e. The van der Waals surface area contributed by atoms with E-state index >= 15 is 0 Å². The molecule has 0 amide bonds. The number of methoxy groups -OCH3 is 1. The SMILES string of the molecule is CCCCN(C)Cc1ccc(CNC2CCCC2)c(OC)c1. The van der Waals surface area contributed by atoms with Crippen LogP contribution in [0.15, 0.2) is 18.2 Å². The fourth-order valence-electron chi connectivity index (χ4n) is 3.24. The Hall–Kier alpha value is -1.06. The van der Waals surface area contributed by atoms with E-state index in [9.17, 15) is 0 Å². The predicted molar refractivity (Wildman–Crippen MR) is 93.3 cm³/mol. The summed E-state index contributed by atoms with van der Waals surface area (Å²) < 4.78 is 5.61. The number of ether oxygens (including phenoxy) is 1. The standard InChI is InChI=1S/C19H32N2O/c1-4-5-12-21(2)15-16-10-11-17(19(13-16)22-3)14-20-18-8-6-7-9-18/h10-11,13,18,20H,4-9,12,14-15H2,1-3H3. The second kappa shape index (κ2) is 9.16. The van der Waals surface area contributed by atoms with Crippen molar-refractivity contribution in [2.75, 3.05) is 20.7 Å². The Morgan fingerprint density at radius 1 is 1.27 bits per heavy atom. The highest BCUT2D eigenvalue weighted by Crippen LogP contribution is 2.23. The number of hydrogen-bond donors (Lipinski definition) is 1. The topological polar surface area (TPSA) is 24.5 Å². The molecule has 0 aliphatic heterocycles. The number of benzene rings is 1. The molecule has 0 spiro atoms. The van der Waals surface area contributed by atoms with Crippen LogP contribution in [0, 0.1) is 0 Å². The molecule has 2 rings (SSSR count). The highest BCUT2D eigenvalue weighted by Gasteiger charge is 2.15. The molecule has 0 heterocycles. The maximum absolute atomic E-state index is 5.61. The molecule has 22 heavy (non-hydrogen) atoms. The van der Waals surface area contributed by atoms with Crippen molar-refractivity contribution in [1.29, 1.82) is 0 Å². The first-order valence-electron chi connectivity index (χ1n) is 8.80. The Bertz CT molecular complexity index is 441. The smallest absolute Gasteiger partial charge is 0.123 e. The molecular weight excluding hydrogens is 272 g/mol. The molecule has 0 radical (unpaired) electrons. The van der Waals surface area contributed by atoms with Crippen LogP contribution in [0.2, 0.25) is 0 Å². The zero-order valence-electron chi connectivity index (χ0n) is 14.5. The lowest BCUT2D eigenvalue weighted by atomic mass is 10.1. The van der Waals surface area contributed by atoms with E-state index in [0.29, 0.717) is 6.04 Å². The van der Waals surface area contributed by atoms with Crippen molar-refractivity contribution in [1.82, 2.24) is 10.2 Å². The summed E-state index contributed by atoms with van der Waals surface area (Å²) in [6.45, 7) is 5.30. The Kier molecular flexibility index (Phi) is 7.20. The molecule has 0 atom stereocenters. The van der Waals surface area contributed by atoms with Crippen LogP contribution in [0.4, 0.5) is 0 Å². The highest BCUT2D eigenvalue weighted by atomic mass is 16.5. The molecule has 1 N–H and O–H groups in total. The van der Waals surface area contributed by atoms with Gasteiger partial charge in [0.15, 0.2) is 0 Å². The first-order valence-corrected chi connectivity index (χ1v) is 8.80. The summed E-state index contributed by atoms with van der Waals surface area (Å²) in [4.78, 5) is 2.38. The molecule has 0 aromatic heterocycles.